The van der Waals surface area contributed by atoms with Crippen LogP contribution < -0.4 is 58.0 Å². The molecule has 0 amide bonds. The summed E-state index contributed by atoms with van der Waals surface area (Å²) in [6, 6.07) is 36.0. The number of halogens is 3. The van der Waals surface area contributed by atoms with Gasteiger partial charge >= 0.3 is 21.7 Å². The van der Waals surface area contributed by atoms with Crippen molar-refractivity contribution in [3.05, 3.63) is 124 Å². The molecule has 5 heteroatoms. The Balaban J connectivity index is 0.00000242. The van der Waals surface area contributed by atoms with Gasteiger partial charge < -0.3 is 37.2 Å². The molecule has 5 rings (SSSR count). The number of hydrogen-bond donors (Lipinski definition) is 0. The molecule has 0 radical (unpaired) electrons. The fraction of sp³-hybridized carbons (Fsp3) is 0.308. The molecule has 0 N–H and O–H groups in total. The van der Waals surface area contributed by atoms with Gasteiger partial charge in [0.25, 0.3) is 0 Å². The smallest absolute Gasteiger partial charge is 1.00 e. The molecule has 0 spiro atoms. The van der Waals surface area contributed by atoms with E-state index >= 15 is 0 Å². The van der Waals surface area contributed by atoms with Crippen LogP contribution in [0.2, 0.25) is 0 Å². The van der Waals surface area contributed by atoms with Crippen molar-refractivity contribution >= 4 is 39.6 Å². The maximum absolute atomic E-state index is 2.73. The molecule has 0 atom stereocenters. The van der Waals surface area contributed by atoms with E-state index in [0.717, 1.165) is 0 Å². The average Bonchev–Trinajstić information content (AvgIpc) is 3.26. The van der Waals surface area contributed by atoms with Crippen molar-refractivity contribution in [1.29, 1.82) is 0 Å². The topological polar surface area (TPSA) is 0 Å². The van der Waals surface area contributed by atoms with Gasteiger partial charge in [-0.05, 0) is 65.2 Å². The summed E-state index contributed by atoms with van der Waals surface area (Å²) in [5, 5.41) is 8.54. The molecule has 0 unspecified atom stereocenters. The van der Waals surface area contributed by atoms with Crippen molar-refractivity contribution in [2.75, 3.05) is 0 Å². The Bertz CT molecular complexity index is 1560. The SMILES string of the molecule is Cc1cc(C)cc([Si](c2cc(C)cc(C)c2)(c2cc(C(C)(C)C)cc(C(C)(C)C)c2)c2cc3ccccc3[cH-]2)c1.[Cl-].[Cl-].[Cl-].[Ti+4]. The molecule has 5 aromatic rings. The Morgan fingerprint density at radius 3 is 1.27 bits per heavy atom. The molecule has 0 aliphatic carbocycles. The van der Waals surface area contributed by atoms with Gasteiger partial charge in [-0.15, -0.1) is 34.8 Å². The zero-order valence-corrected chi connectivity index (χ0v) is 32.6. The first-order valence-corrected chi connectivity index (χ1v) is 16.7. The van der Waals surface area contributed by atoms with E-state index in [1.54, 1.807) is 0 Å². The molecule has 0 aliphatic rings. The monoisotopic (exact) mass is 694 g/mol. The molecule has 0 heterocycles. The van der Waals surface area contributed by atoms with Gasteiger partial charge in [0, 0.05) is 0 Å². The van der Waals surface area contributed by atoms with Crippen LogP contribution in [0.15, 0.2) is 91.0 Å². The Hall–Kier alpha value is -1.71. The molecular formula is C39H45Cl3SiTi. The first kappa shape index (κ1) is 40.3. The van der Waals surface area contributed by atoms with Gasteiger partial charge in [-0.3, -0.25) is 0 Å². The molecule has 0 aliphatic heterocycles. The Morgan fingerprint density at radius 2 is 0.886 bits per heavy atom. The van der Waals surface area contributed by atoms with E-state index in [0.29, 0.717) is 0 Å². The van der Waals surface area contributed by atoms with Gasteiger partial charge in [0.2, 0.25) is 0 Å². The van der Waals surface area contributed by atoms with Gasteiger partial charge in [0.15, 0.2) is 8.07 Å². The molecule has 230 valence electrons. The van der Waals surface area contributed by atoms with Crippen LogP contribution >= 0.6 is 0 Å². The van der Waals surface area contributed by atoms with E-state index in [4.69, 9.17) is 0 Å². The van der Waals surface area contributed by atoms with Gasteiger partial charge in [0.05, 0.1) is 0 Å². The molecular weight excluding hydrogens is 651 g/mol. The third-order valence-electron chi connectivity index (χ3n) is 8.46. The minimum absolute atomic E-state index is 0. The van der Waals surface area contributed by atoms with Crippen molar-refractivity contribution in [1.82, 2.24) is 0 Å². The van der Waals surface area contributed by atoms with Crippen LogP contribution in [0.1, 0.15) is 74.9 Å². The van der Waals surface area contributed by atoms with Crippen LogP contribution in [0.4, 0.5) is 0 Å². The van der Waals surface area contributed by atoms with Crippen LogP contribution in [-0.2, 0) is 32.5 Å². The van der Waals surface area contributed by atoms with Gasteiger partial charge in [-0.25, -0.2) is 0 Å². The van der Waals surface area contributed by atoms with E-state index in [1.165, 1.54) is 64.9 Å². The molecule has 0 bridgehead atoms. The third-order valence-corrected chi connectivity index (χ3v) is 13.1. The molecule has 0 fully saturated rings. The summed E-state index contributed by atoms with van der Waals surface area (Å²) in [4.78, 5) is 0. The minimum Gasteiger partial charge on any atom is -1.00 e. The number of rotatable bonds is 4. The Kier molecular flexibility index (Phi) is 13.6. The zero-order chi connectivity index (χ0) is 29.0. The summed E-state index contributed by atoms with van der Waals surface area (Å²) >= 11 is 0. The summed E-state index contributed by atoms with van der Waals surface area (Å²) in [5.41, 5.74) is 8.22. The number of hydrogen-bond acceptors (Lipinski definition) is 0. The van der Waals surface area contributed by atoms with Gasteiger partial charge in [-0.2, -0.15) is 11.5 Å². The van der Waals surface area contributed by atoms with E-state index in [1.807, 2.05) is 0 Å². The molecule has 5 aromatic carbocycles. The molecule has 0 aromatic heterocycles. The number of benzene rings is 4. The largest absolute Gasteiger partial charge is 4.00 e. The molecule has 0 saturated heterocycles. The zero-order valence-electron chi connectivity index (χ0n) is 27.8. The summed E-state index contributed by atoms with van der Waals surface area (Å²) in [6.45, 7) is 23.1. The summed E-state index contributed by atoms with van der Waals surface area (Å²) < 4.78 is 0. The fourth-order valence-corrected chi connectivity index (χ4v) is 11.7. The Morgan fingerprint density at radius 1 is 0.500 bits per heavy atom. The van der Waals surface area contributed by atoms with E-state index in [2.05, 4.69) is 160 Å². The van der Waals surface area contributed by atoms with Crippen LogP contribution in [0.25, 0.3) is 10.8 Å². The summed E-state index contributed by atoms with van der Waals surface area (Å²) in [5.74, 6) is 0. The number of fused-ring (bicyclic) bond motifs is 1. The number of aryl methyl sites for hydroxylation is 4. The summed E-state index contributed by atoms with van der Waals surface area (Å²) in [6.07, 6.45) is 0. The van der Waals surface area contributed by atoms with Crippen LogP contribution in [-0.4, -0.2) is 8.07 Å². The van der Waals surface area contributed by atoms with Crippen molar-refractivity contribution in [2.24, 2.45) is 0 Å². The predicted octanol–water partition coefficient (Wildman–Crippen LogP) is -1.23. The maximum Gasteiger partial charge on any atom is 4.00 e. The van der Waals surface area contributed by atoms with Gasteiger partial charge in [0.1, 0.15) is 0 Å². The second-order valence-electron chi connectivity index (χ2n) is 14.2. The third kappa shape index (κ3) is 7.80. The van der Waals surface area contributed by atoms with Crippen LogP contribution in [0.3, 0.4) is 0 Å². The quantitative estimate of drug-likeness (QED) is 0.126. The first-order valence-electron chi connectivity index (χ1n) is 14.7. The van der Waals surface area contributed by atoms with Gasteiger partial charge in [-0.1, -0.05) is 124 Å². The second-order valence-corrected chi connectivity index (χ2v) is 18.0. The summed E-state index contributed by atoms with van der Waals surface area (Å²) in [7, 11) is -2.73. The fourth-order valence-electron chi connectivity index (χ4n) is 6.46. The van der Waals surface area contributed by atoms with E-state index in [-0.39, 0.29) is 69.8 Å². The Labute approximate surface area is 300 Å². The van der Waals surface area contributed by atoms with Crippen molar-refractivity contribution < 1.29 is 58.9 Å². The minimum atomic E-state index is -2.73. The average molecular weight is 696 g/mol. The molecule has 0 saturated carbocycles. The normalized spacial score (nSPS) is 11.6. The van der Waals surface area contributed by atoms with Crippen molar-refractivity contribution in [2.45, 2.75) is 80.1 Å². The van der Waals surface area contributed by atoms with E-state index in [9.17, 15) is 0 Å². The van der Waals surface area contributed by atoms with E-state index < -0.39 is 8.07 Å². The molecule has 44 heavy (non-hydrogen) atoms. The predicted molar refractivity (Wildman–Crippen MR) is 180 cm³/mol. The standard InChI is InChI=1S/C39H45Si.3ClH.Ti/c1-26-15-27(2)18-34(17-26)40(35-19-28(3)16-29(4)20-35,36-21-30-13-11-12-14-31(30)22-36)37-24-32(38(5,6)7)23-33(25-37)39(8,9)10;;;;/h11-25H,1-10H3;3*1H;/q-1;;;;+4/p-3. The molecule has 0 nitrogen and oxygen atoms in total. The van der Waals surface area contributed by atoms with Crippen molar-refractivity contribution in [3.8, 4) is 0 Å². The van der Waals surface area contributed by atoms with Crippen LogP contribution in [0.5, 0.6) is 0 Å². The first-order chi connectivity index (χ1) is 18.7. The van der Waals surface area contributed by atoms with Crippen molar-refractivity contribution in [3.63, 3.8) is 0 Å². The van der Waals surface area contributed by atoms with Crippen LogP contribution in [0, 0.1) is 27.7 Å². The maximum atomic E-state index is 2.56. The second kappa shape index (κ2) is 14.8.